The molecule has 0 aliphatic carbocycles. The van der Waals surface area contributed by atoms with Crippen molar-refractivity contribution >= 4 is 11.9 Å². The molecule has 0 spiro atoms. The Morgan fingerprint density at radius 3 is 2.50 bits per heavy atom. The molecule has 1 rings (SSSR count). The van der Waals surface area contributed by atoms with Gasteiger partial charge in [-0.3, -0.25) is 9.59 Å². The number of ether oxygens (including phenoxy) is 1. The van der Waals surface area contributed by atoms with Crippen molar-refractivity contribution in [2.24, 2.45) is 0 Å². The maximum absolute atomic E-state index is 11.8. The number of rotatable bonds is 6. The number of hydrogen-bond donors (Lipinski definition) is 1. The summed E-state index contributed by atoms with van der Waals surface area (Å²) in [5, 5.41) is 17.3. The molecule has 0 heterocycles. The number of amides is 1. The first-order valence-electron chi connectivity index (χ1n) is 5.63. The Morgan fingerprint density at radius 2 is 2.00 bits per heavy atom. The van der Waals surface area contributed by atoms with Crippen molar-refractivity contribution in [3.05, 3.63) is 29.8 Å². The Kier molecular flexibility index (Phi) is 5.61. The van der Waals surface area contributed by atoms with Gasteiger partial charge in [-0.2, -0.15) is 5.26 Å². The summed E-state index contributed by atoms with van der Waals surface area (Å²) in [5.74, 6) is 0.963. The van der Waals surface area contributed by atoms with Gasteiger partial charge < -0.3 is 14.7 Å². The zero-order valence-electron chi connectivity index (χ0n) is 10.6. The van der Waals surface area contributed by atoms with Crippen molar-refractivity contribution in [1.29, 1.82) is 5.26 Å². The predicted octanol–water partition coefficient (Wildman–Crippen LogP) is 0.483. The van der Waals surface area contributed by atoms with E-state index in [1.54, 1.807) is 24.3 Å². The van der Waals surface area contributed by atoms with Crippen LogP contribution in [0.4, 0.5) is 0 Å². The van der Waals surface area contributed by atoms with E-state index in [0.717, 1.165) is 4.90 Å². The van der Waals surface area contributed by atoms with Gasteiger partial charge in [-0.1, -0.05) is 5.92 Å². The summed E-state index contributed by atoms with van der Waals surface area (Å²) in [6.07, 6.45) is 5.07. The first kappa shape index (κ1) is 15.1. The molecule has 0 saturated carbocycles. The summed E-state index contributed by atoms with van der Waals surface area (Å²) in [5.41, 5.74) is 0.475. The van der Waals surface area contributed by atoms with Gasteiger partial charge in [0, 0.05) is 0 Å². The summed E-state index contributed by atoms with van der Waals surface area (Å²) in [4.78, 5) is 23.4. The van der Waals surface area contributed by atoms with Gasteiger partial charge in [-0.05, 0) is 24.3 Å². The van der Waals surface area contributed by atoms with Crippen molar-refractivity contribution in [2.45, 2.75) is 0 Å². The standard InChI is InChI=1S/C14H12N2O4/c1-2-7-16(9-14(18)19)13(17)10-20-12-5-3-11(8-15)4-6-12/h1,3-6H,7,9-10H2,(H,18,19). The molecule has 1 aromatic rings. The van der Waals surface area contributed by atoms with Gasteiger partial charge in [0.25, 0.3) is 5.91 Å². The van der Waals surface area contributed by atoms with Crippen molar-refractivity contribution in [2.75, 3.05) is 19.7 Å². The quantitative estimate of drug-likeness (QED) is 0.761. The number of benzene rings is 1. The Bertz CT molecular complexity index is 566. The van der Waals surface area contributed by atoms with Crippen molar-refractivity contribution < 1.29 is 19.4 Å². The number of aliphatic carboxylic acids is 1. The van der Waals surface area contributed by atoms with Crippen molar-refractivity contribution in [3.8, 4) is 24.2 Å². The van der Waals surface area contributed by atoms with Crippen LogP contribution in [-0.4, -0.2) is 41.6 Å². The lowest BCUT2D eigenvalue weighted by Gasteiger charge is -2.18. The molecular formula is C14H12N2O4. The lowest BCUT2D eigenvalue weighted by Crippen LogP contribution is -2.38. The second-order valence-corrected chi connectivity index (χ2v) is 3.77. The highest BCUT2D eigenvalue weighted by Gasteiger charge is 2.16. The molecule has 0 unspecified atom stereocenters. The summed E-state index contributed by atoms with van der Waals surface area (Å²) in [7, 11) is 0. The number of carbonyl (C=O) groups excluding carboxylic acids is 1. The minimum Gasteiger partial charge on any atom is -0.484 e. The molecule has 0 saturated heterocycles. The molecule has 102 valence electrons. The highest BCUT2D eigenvalue weighted by molar-refractivity contribution is 5.82. The molecule has 1 N–H and O–H groups in total. The highest BCUT2D eigenvalue weighted by Crippen LogP contribution is 2.11. The van der Waals surface area contributed by atoms with Crippen LogP contribution in [0.3, 0.4) is 0 Å². The Morgan fingerprint density at radius 1 is 1.35 bits per heavy atom. The van der Waals surface area contributed by atoms with E-state index < -0.39 is 18.4 Å². The minimum atomic E-state index is -1.15. The first-order chi connectivity index (χ1) is 9.56. The maximum Gasteiger partial charge on any atom is 0.323 e. The first-order valence-corrected chi connectivity index (χ1v) is 5.63. The number of carbonyl (C=O) groups is 2. The summed E-state index contributed by atoms with van der Waals surface area (Å²) >= 11 is 0. The van der Waals surface area contributed by atoms with E-state index in [2.05, 4.69) is 5.92 Å². The minimum absolute atomic E-state index is 0.0954. The lowest BCUT2D eigenvalue weighted by molar-refractivity contribution is -0.144. The molecule has 0 aliphatic rings. The third kappa shape index (κ3) is 4.71. The third-order valence-electron chi connectivity index (χ3n) is 2.31. The van der Waals surface area contributed by atoms with Crippen LogP contribution in [0.25, 0.3) is 0 Å². The van der Waals surface area contributed by atoms with Crippen LogP contribution in [0, 0.1) is 23.7 Å². The van der Waals surface area contributed by atoms with E-state index in [9.17, 15) is 9.59 Å². The van der Waals surface area contributed by atoms with E-state index >= 15 is 0 Å². The fraction of sp³-hybridized carbons (Fsp3) is 0.214. The van der Waals surface area contributed by atoms with Crippen LogP contribution in [0.15, 0.2) is 24.3 Å². The molecule has 0 aromatic heterocycles. The van der Waals surface area contributed by atoms with Crippen LogP contribution in [0.5, 0.6) is 5.75 Å². The monoisotopic (exact) mass is 272 g/mol. The lowest BCUT2D eigenvalue weighted by atomic mass is 10.2. The third-order valence-corrected chi connectivity index (χ3v) is 2.31. The van der Waals surface area contributed by atoms with Crippen molar-refractivity contribution in [3.63, 3.8) is 0 Å². The summed E-state index contributed by atoms with van der Waals surface area (Å²) < 4.78 is 5.21. The average molecular weight is 272 g/mol. The average Bonchev–Trinajstić information content (AvgIpc) is 2.44. The van der Waals surface area contributed by atoms with Crippen LogP contribution in [0.1, 0.15) is 5.56 Å². The second kappa shape index (κ2) is 7.45. The predicted molar refractivity (Wildman–Crippen MR) is 69.7 cm³/mol. The van der Waals surface area contributed by atoms with Gasteiger partial charge in [-0.25, -0.2) is 0 Å². The van der Waals surface area contributed by atoms with Gasteiger partial charge in [0.1, 0.15) is 12.3 Å². The molecule has 0 fully saturated rings. The van der Waals surface area contributed by atoms with Gasteiger partial charge >= 0.3 is 5.97 Å². The highest BCUT2D eigenvalue weighted by atomic mass is 16.5. The van der Waals surface area contributed by atoms with Gasteiger partial charge in [0.2, 0.25) is 0 Å². The SMILES string of the molecule is C#CCN(CC(=O)O)C(=O)COc1ccc(C#N)cc1. The smallest absolute Gasteiger partial charge is 0.323 e. The van der Waals surface area contributed by atoms with E-state index in [1.165, 1.54) is 0 Å². The Hall–Kier alpha value is -2.99. The number of nitriles is 1. The fourth-order valence-electron chi connectivity index (χ4n) is 1.37. The molecule has 0 atom stereocenters. The number of hydrogen-bond acceptors (Lipinski definition) is 4. The Labute approximate surface area is 116 Å². The van der Waals surface area contributed by atoms with E-state index in [1.807, 2.05) is 6.07 Å². The zero-order valence-corrected chi connectivity index (χ0v) is 10.6. The number of carboxylic acid groups (broad SMARTS) is 1. The normalized spacial score (nSPS) is 9.10. The number of carboxylic acids is 1. The number of terminal acetylenes is 1. The van der Waals surface area contributed by atoms with Gasteiger partial charge in [0.15, 0.2) is 6.61 Å². The van der Waals surface area contributed by atoms with Crippen LogP contribution < -0.4 is 4.74 Å². The molecule has 1 aromatic carbocycles. The molecule has 6 heteroatoms. The van der Waals surface area contributed by atoms with Crippen LogP contribution in [-0.2, 0) is 9.59 Å². The molecule has 1 amide bonds. The van der Waals surface area contributed by atoms with Crippen LogP contribution >= 0.6 is 0 Å². The largest absolute Gasteiger partial charge is 0.484 e. The van der Waals surface area contributed by atoms with E-state index in [-0.39, 0.29) is 13.2 Å². The summed E-state index contributed by atoms with van der Waals surface area (Å²) in [6, 6.07) is 8.16. The molecule has 0 bridgehead atoms. The fourth-order valence-corrected chi connectivity index (χ4v) is 1.37. The molecular weight excluding hydrogens is 260 g/mol. The van der Waals surface area contributed by atoms with Crippen LogP contribution in [0.2, 0.25) is 0 Å². The Balaban J connectivity index is 2.58. The number of nitrogens with zero attached hydrogens (tertiary/aromatic N) is 2. The topological polar surface area (TPSA) is 90.6 Å². The molecule has 0 aliphatic heterocycles. The molecule has 20 heavy (non-hydrogen) atoms. The van der Waals surface area contributed by atoms with Gasteiger partial charge in [-0.15, -0.1) is 6.42 Å². The zero-order chi connectivity index (χ0) is 15.0. The molecule has 6 nitrogen and oxygen atoms in total. The second-order valence-electron chi connectivity index (χ2n) is 3.77. The van der Waals surface area contributed by atoms with Crippen molar-refractivity contribution in [1.82, 2.24) is 4.90 Å². The molecule has 0 radical (unpaired) electrons. The summed E-state index contributed by atoms with van der Waals surface area (Å²) in [6.45, 7) is -0.886. The van der Waals surface area contributed by atoms with E-state index in [4.69, 9.17) is 21.5 Å². The van der Waals surface area contributed by atoms with Gasteiger partial charge in [0.05, 0.1) is 18.2 Å². The van der Waals surface area contributed by atoms with E-state index in [0.29, 0.717) is 11.3 Å². The maximum atomic E-state index is 11.8.